The fourth-order valence-corrected chi connectivity index (χ4v) is 1.48. The van der Waals surface area contributed by atoms with E-state index in [-0.39, 0.29) is 0 Å². The van der Waals surface area contributed by atoms with Crippen LogP contribution in [0.5, 0.6) is 0 Å². The molecule has 1 rings (SSSR count). The smallest absolute Gasteiger partial charge is 0.220 e. The van der Waals surface area contributed by atoms with E-state index in [1.54, 1.807) is 5.01 Å². The molecule has 5 heteroatoms. The molecule has 0 saturated carbocycles. The van der Waals surface area contributed by atoms with E-state index in [2.05, 4.69) is 18.1 Å². The van der Waals surface area contributed by atoms with E-state index in [4.69, 9.17) is 10.5 Å². The van der Waals surface area contributed by atoms with Gasteiger partial charge in [0.25, 0.3) is 0 Å². The van der Waals surface area contributed by atoms with Gasteiger partial charge in [0, 0.05) is 6.54 Å². The zero-order valence-corrected chi connectivity index (χ0v) is 8.93. The molecule has 0 aromatic rings. The third-order valence-electron chi connectivity index (χ3n) is 2.34. The van der Waals surface area contributed by atoms with Gasteiger partial charge in [0.15, 0.2) is 6.19 Å². The van der Waals surface area contributed by atoms with Crippen LogP contribution in [0.15, 0.2) is 5.10 Å². The van der Waals surface area contributed by atoms with Crippen LogP contribution in [0.2, 0.25) is 0 Å². The average molecular weight is 205 g/mol. The van der Waals surface area contributed by atoms with Gasteiger partial charge in [-0.3, -0.25) is 5.01 Å². The van der Waals surface area contributed by atoms with E-state index in [0.29, 0.717) is 0 Å². The predicted molar refractivity (Wildman–Crippen MR) is 56.2 cm³/mol. The number of nitrogens with zero attached hydrogens (tertiary/aromatic N) is 5. The minimum atomic E-state index is -0.545. The maximum absolute atomic E-state index is 8.88. The van der Waals surface area contributed by atoms with Crippen LogP contribution >= 0.6 is 0 Å². The first kappa shape index (κ1) is 11.3. The highest BCUT2D eigenvalue weighted by molar-refractivity contribution is 5.60. The van der Waals surface area contributed by atoms with Crippen LogP contribution in [-0.2, 0) is 0 Å². The van der Waals surface area contributed by atoms with Gasteiger partial charge < -0.3 is 0 Å². The van der Waals surface area contributed by atoms with Gasteiger partial charge in [0.05, 0.1) is 0 Å². The number of hydrogen-bond acceptors (Lipinski definition) is 5. The van der Waals surface area contributed by atoms with Crippen molar-refractivity contribution in [3.05, 3.63) is 0 Å². The molecule has 1 unspecified atom stereocenters. The Kier molecular flexibility index (Phi) is 4.43. The monoisotopic (exact) mass is 205 g/mol. The minimum absolute atomic E-state index is 0.545. The van der Waals surface area contributed by atoms with Crippen LogP contribution in [0, 0.1) is 22.8 Å². The third-order valence-corrected chi connectivity index (χ3v) is 2.34. The van der Waals surface area contributed by atoms with Crippen LogP contribution in [0.3, 0.4) is 0 Å². The molecule has 80 valence electrons. The molecule has 0 spiro atoms. The molecule has 0 radical (unpaired) electrons. The van der Waals surface area contributed by atoms with Gasteiger partial charge in [-0.05, 0) is 6.42 Å². The van der Waals surface area contributed by atoms with Crippen LogP contribution in [0.1, 0.15) is 32.6 Å². The van der Waals surface area contributed by atoms with Gasteiger partial charge >= 0.3 is 0 Å². The number of unbranched alkanes of at least 4 members (excludes halogenated alkanes) is 3. The summed E-state index contributed by atoms with van der Waals surface area (Å²) in [4.78, 5) is 1.26. The summed E-state index contributed by atoms with van der Waals surface area (Å²) in [5.74, 6) is 0. The molecule has 1 heterocycles. The molecule has 0 saturated heterocycles. The highest BCUT2D eigenvalue weighted by Gasteiger charge is 2.26. The van der Waals surface area contributed by atoms with Gasteiger partial charge in [-0.15, -0.1) is 0 Å². The molecule has 0 aliphatic carbocycles. The SMILES string of the molecule is CCCCCCN1N=CN(C#N)C1C#N. The number of nitriles is 2. The average Bonchev–Trinajstić information content (AvgIpc) is 2.66. The topological polar surface area (TPSA) is 66.4 Å². The molecule has 0 N–H and O–H groups in total. The number of hydrazone groups is 1. The van der Waals surface area contributed by atoms with E-state index in [0.717, 1.165) is 19.4 Å². The van der Waals surface area contributed by atoms with Crippen LogP contribution < -0.4 is 0 Å². The van der Waals surface area contributed by atoms with E-state index in [1.165, 1.54) is 24.1 Å². The summed E-state index contributed by atoms with van der Waals surface area (Å²) in [6.07, 6.45) is 7.34. The van der Waals surface area contributed by atoms with E-state index in [9.17, 15) is 0 Å². The van der Waals surface area contributed by atoms with Gasteiger partial charge in [-0.2, -0.15) is 15.6 Å². The molecule has 0 aromatic heterocycles. The van der Waals surface area contributed by atoms with Crippen molar-refractivity contribution in [2.24, 2.45) is 5.10 Å². The number of hydrogen-bond donors (Lipinski definition) is 0. The summed E-state index contributed by atoms with van der Waals surface area (Å²) in [7, 11) is 0. The zero-order valence-electron chi connectivity index (χ0n) is 8.93. The summed E-state index contributed by atoms with van der Waals surface area (Å²) in [6.45, 7) is 2.90. The maximum Gasteiger partial charge on any atom is 0.220 e. The lowest BCUT2D eigenvalue weighted by Crippen LogP contribution is -2.36. The predicted octanol–water partition coefficient (Wildman–Crippen LogP) is 1.46. The van der Waals surface area contributed by atoms with Gasteiger partial charge in [-0.25, -0.2) is 4.90 Å². The standard InChI is InChI=1S/C10H15N5/c1-2-3-4-5-6-15-10(7-11)14(8-12)9-13-15/h9-10H,2-6H2,1H3. The van der Waals surface area contributed by atoms with Crippen molar-refractivity contribution >= 4 is 6.34 Å². The van der Waals surface area contributed by atoms with E-state index < -0.39 is 6.17 Å². The molecule has 0 fully saturated rings. The summed E-state index contributed by atoms with van der Waals surface area (Å²) in [6, 6.07) is 2.06. The molecular weight excluding hydrogens is 190 g/mol. The van der Waals surface area contributed by atoms with Crippen molar-refractivity contribution in [1.29, 1.82) is 10.5 Å². The lowest BCUT2D eigenvalue weighted by Gasteiger charge is -2.19. The molecule has 0 aromatic carbocycles. The molecule has 1 atom stereocenters. The third kappa shape index (κ3) is 2.85. The first-order chi connectivity index (χ1) is 7.33. The fraction of sp³-hybridized carbons (Fsp3) is 0.700. The van der Waals surface area contributed by atoms with Gasteiger partial charge in [0.2, 0.25) is 6.17 Å². The molecule has 1 aliphatic heterocycles. The summed E-state index contributed by atoms with van der Waals surface area (Å²) < 4.78 is 0. The second kappa shape index (κ2) is 5.87. The largest absolute Gasteiger partial charge is 0.259 e. The Labute approximate surface area is 90.2 Å². The van der Waals surface area contributed by atoms with Crippen molar-refractivity contribution in [3.63, 3.8) is 0 Å². The first-order valence-corrected chi connectivity index (χ1v) is 5.22. The molecular formula is C10H15N5. The Bertz CT molecular complexity index is 298. The summed E-state index contributed by atoms with van der Waals surface area (Å²) in [5, 5.41) is 23.3. The summed E-state index contributed by atoms with van der Waals surface area (Å²) in [5.41, 5.74) is 0. The van der Waals surface area contributed by atoms with Crippen molar-refractivity contribution in [3.8, 4) is 12.3 Å². The number of rotatable bonds is 5. The van der Waals surface area contributed by atoms with Crippen molar-refractivity contribution < 1.29 is 0 Å². The van der Waals surface area contributed by atoms with Crippen molar-refractivity contribution in [1.82, 2.24) is 9.91 Å². The zero-order chi connectivity index (χ0) is 11.1. The Balaban J connectivity index is 2.34. The Hall–Kier alpha value is -1.75. The van der Waals surface area contributed by atoms with Crippen LogP contribution in [0.4, 0.5) is 0 Å². The van der Waals surface area contributed by atoms with Gasteiger partial charge in [-0.1, -0.05) is 26.2 Å². The Morgan fingerprint density at radius 3 is 2.73 bits per heavy atom. The normalized spacial score (nSPS) is 19.0. The first-order valence-electron chi connectivity index (χ1n) is 5.22. The van der Waals surface area contributed by atoms with Crippen molar-refractivity contribution in [2.75, 3.05) is 6.54 Å². The van der Waals surface area contributed by atoms with E-state index >= 15 is 0 Å². The van der Waals surface area contributed by atoms with Crippen LogP contribution in [0.25, 0.3) is 0 Å². The quantitative estimate of drug-likeness (QED) is 0.503. The summed E-state index contributed by atoms with van der Waals surface area (Å²) >= 11 is 0. The minimum Gasteiger partial charge on any atom is -0.259 e. The van der Waals surface area contributed by atoms with E-state index in [1.807, 2.05) is 6.19 Å². The molecule has 0 amide bonds. The fourth-order valence-electron chi connectivity index (χ4n) is 1.48. The Morgan fingerprint density at radius 2 is 2.13 bits per heavy atom. The van der Waals surface area contributed by atoms with Crippen LogP contribution in [-0.4, -0.2) is 29.0 Å². The van der Waals surface area contributed by atoms with Crippen molar-refractivity contribution in [2.45, 2.75) is 38.8 Å². The highest BCUT2D eigenvalue weighted by atomic mass is 15.6. The highest BCUT2D eigenvalue weighted by Crippen LogP contribution is 2.12. The molecule has 0 bridgehead atoms. The second-order valence-electron chi connectivity index (χ2n) is 3.46. The lowest BCUT2D eigenvalue weighted by molar-refractivity contribution is 0.205. The second-order valence-corrected chi connectivity index (χ2v) is 3.46. The maximum atomic E-state index is 8.88. The lowest BCUT2D eigenvalue weighted by atomic mass is 10.2. The molecule has 1 aliphatic rings. The molecule has 5 nitrogen and oxygen atoms in total. The Morgan fingerprint density at radius 1 is 1.33 bits per heavy atom. The molecule has 15 heavy (non-hydrogen) atoms. The van der Waals surface area contributed by atoms with Gasteiger partial charge in [0.1, 0.15) is 12.4 Å².